The van der Waals surface area contributed by atoms with Gasteiger partial charge in [0.1, 0.15) is 11.6 Å². The fraction of sp³-hybridized carbons (Fsp3) is 0. The van der Waals surface area contributed by atoms with E-state index in [-0.39, 0.29) is 5.52 Å². The van der Waals surface area contributed by atoms with E-state index < -0.39 is 5.82 Å². The quantitative estimate of drug-likeness (QED) is 0.768. The summed E-state index contributed by atoms with van der Waals surface area (Å²) in [5.74, 6) is -0.434. The van der Waals surface area contributed by atoms with Gasteiger partial charge in [0.25, 0.3) is 0 Å². The Kier molecular flexibility index (Phi) is 1.78. The molecule has 0 atom stereocenters. The van der Waals surface area contributed by atoms with Crippen LogP contribution in [0.25, 0.3) is 11.0 Å². The number of nitrogens with zero attached hydrogens (tertiary/aromatic N) is 2. The zero-order valence-electron chi connectivity index (χ0n) is 6.31. The van der Waals surface area contributed by atoms with Gasteiger partial charge >= 0.3 is 0 Å². The van der Waals surface area contributed by atoms with Gasteiger partial charge in [0.05, 0.1) is 11.1 Å². The number of benzene rings is 1. The molecule has 3 nitrogen and oxygen atoms in total. The Morgan fingerprint density at radius 2 is 2.31 bits per heavy atom. The summed E-state index contributed by atoms with van der Waals surface area (Å²) in [7, 11) is 0. The third kappa shape index (κ3) is 1.19. The molecule has 13 heavy (non-hydrogen) atoms. The number of hydrogen-bond donors (Lipinski definition) is 1. The van der Waals surface area contributed by atoms with Crippen LogP contribution in [0, 0.1) is 17.1 Å². The van der Waals surface area contributed by atoms with Gasteiger partial charge in [-0.3, -0.25) is 0 Å². The third-order valence-corrected chi connectivity index (χ3v) is 2.06. The van der Waals surface area contributed by atoms with E-state index in [0.29, 0.717) is 15.8 Å². The van der Waals surface area contributed by atoms with Gasteiger partial charge in [0.2, 0.25) is 0 Å². The summed E-state index contributed by atoms with van der Waals surface area (Å²) in [6.07, 6.45) is 0. The number of aromatic amines is 1. The molecule has 64 valence electrons. The molecular formula is C8H3BrFN3. The molecule has 1 heterocycles. The Morgan fingerprint density at radius 3 is 3.00 bits per heavy atom. The van der Waals surface area contributed by atoms with Crippen molar-refractivity contribution in [1.29, 1.82) is 5.26 Å². The Hall–Kier alpha value is -1.41. The normalized spacial score (nSPS) is 10.2. The summed E-state index contributed by atoms with van der Waals surface area (Å²) in [6, 6.07) is 4.60. The monoisotopic (exact) mass is 239 g/mol. The maximum absolute atomic E-state index is 13.1. The van der Waals surface area contributed by atoms with E-state index in [0.717, 1.165) is 0 Å². The number of halogens is 2. The molecule has 0 aliphatic carbocycles. The van der Waals surface area contributed by atoms with Crippen LogP contribution in [0.1, 0.15) is 5.56 Å². The van der Waals surface area contributed by atoms with Crippen LogP contribution >= 0.6 is 15.9 Å². The summed E-state index contributed by atoms with van der Waals surface area (Å²) in [5.41, 5.74) is 0.995. The standard InChI is InChI=1S/C8H3BrFN3/c9-8-12-6-4(3-11)1-2-5(10)7(6)13-8/h1-2H,(H,12,13). The van der Waals surface area contributed by atoms with Crippen LogP contribution in [0.4, 0.5) is 4.39 Å². The minimum absolute atomic E-state index is 0.186. The van der Waals surface area contributed by atoms with Gasteiger partial charge in [0, 0.05) is 0 Å². The lowest BCUT2D eigenvalue weighted by atomic mass is 10.2. The molecule has 2 rings (SSSR count). The number of imidazole rings is 1. The Bertz CT molecular complexity index is 512. The summed E-state index contributed by atoms with van der Waals surface area (Å²) in [5, 5.41) is 8.70. The molecule has 0 bridgehead atoms. The highest BCUT2D eigenvalue weighted by Crippen LogP contribution is 2.21. The van der Waals surface area contributed by atoms with Crippen LogP contribution in [0.2, 0.25) is 0 Å². The van der Waals surface area contributed by atoms with Crippen LogP contribution in [-0.2, 0) is 0 Å². The number of nitrogens with one attached hydrogen (secondary N) is 1. The minimum Gasteiger partial charge on any atom is -0.331 e. The summed E-state index contributed by atoms with van der Waals surface area (Å²) in [4.78, 5) is 6.62. The lowest BCUT2D eigenvalue weighted by molar-refractivity contribution is 0.637. The van der Waals surface area contributed by atoms with E-state index in [4.69, 9.17) is 5.26 Å². The van der Waals surface area contributed by atoms with Crippen LogP contribution in [0.5, 0.6) is 0 Å². The van der Waals surface area contributed by atoms with Crippen molar-refractivity contribution in [2.75, 3.05) is 0 Å². The lowest BCUT2D eigenvalue weighted by Gasteiger charge is -1.91. The van der Waals surface area contributed by atoms with Crippen molar-refractivity contribution in [2.24, 2.45) is 0 Å². The molecule has 5 heteroatoms. The highest BCUT2D eigenvalue weighted by atomic mass is 79.9. The van der Waals surface area contributed by atoms with Gasteiger partial charge in [-0.05, 0) is 28.1 Å². The maximum atomic E-state index is 13.1. The Labute approximate surface area is 81.3 Å². The van der Waals surface area contributed by atoms with Crippen molar-refractivity contribution < 1.29 is 4.39 Å². The van der Waals surface area contributed by atoms with Crippen molar-refractivity contribution in [1.82, 2.24) is 9.97 Å². The highest BCUT2D eigenvalue weighted by molar-refractivity contribution is 9.10. The van der Waals surface area contributed by atoms with Crippen molar-refractivity contribution >= 4 is 27.0 Å². The molecule has 0 amide bonds. The van der Waals surface area contributed by atoms with E-state index in [1.54, 1.807) is 0 Å². The largest absolute Gasteiger partial charge is 0.331 e. The van der Waals surface area contributed by atoms with Crippen LogP contribution in [-0.4, -0.2) is 9.97 Å². The maximum Gasteiger partial charge on any atom is 0.175 e. The molecule has 2 aromatic rings. The van der Waals surface area contributed by atoms with Crippen molar-refractivity contribution in [3.8, 4) is 6.07 Å². The molecule has 0 saturated heterocycles. The average molecular weight is 240 g/mol. The average Bonchev–Trinajstić information content (AvgIpc) is 2.48. The molecule has 0 spiro atoms. The molecule has 0 aliphatic heterocycles. The van der Waals surface area contributed by atoms with Gasteiger partial charge in [-0.15, -0.1) is 0 Å². The molecule has 0 aliphatic rings. The fourth-order valence-corrected chi connectivity index (χ4v) is 1.50. The first-order valence-corrected chi connectivity index (χ1v) is 4.25. The first-order chi connectivity index (χ1) is 6.22. The van der Waals surface area contributed by atoms with Crippen molar-refractivity contribution in [3.05, 3.63) is 28.2 Å². The van der Waals surface area contributed by atoms with E-state index >= 15 is 0 Å². The second-order valence-corrected chi connectivity index (χ2v) is 3.21. The number of nitriles is 1. The molecule has 0 fully saturated rings. The van der Waals surface area contributed by atoms with Gasteiger partial charge < -0.3 is 4.98 Å². The smallest absolute Gasteiger partial charge is 0.175 e. The zero-order valence-corrected chi connectivity index (χ0v) is 7.89. The number of H-pyrrole nitrogens is 1. The fourth-order valence-electron chi connectivity index (χ4n) is 1.12. The number of hydrogen-bond acceptors (Lipinski definition) is 2. The van der Waals surface area contributed by atoms with E-state index in [2.05, 4.69) is 25.9 Å². The van der Waals surface area contributed by atoms with Crippen LogP contribution in [0.15, 0.2) is 16.9 Å². The molecule has 0 saturated carbocycles. The summed E-state index contributed by atoms with van der Waals surface area (Å²) < 4.78 is 13.5. The molecular weight excluding hydrogens is 237 g/mol. The molecule has 1 N–H and O–H groups in total. The third-order valence-electron chi connectivity index (χ3n) is 1.69. The van der Waals surface area contributed by atoms with Gasteiger partial charge in [-0.2, -0.15) is 5.26 Å². The van der Waals surface area contributed by atoms with Crippen LogP contribution < -0.4 is 0 Å². The predicted octanol–water partition coefficient (Wildman–Crippen LogP) is 2.34. The summed E-state index contributed by atoms with van der Waals surface area (Å²) in [6.45, 7) is 0. The topological polar surface area (TPSA) is 52.5 Å². The lowest BCUT2D eigenvalue weighted by Crippen LogP contribution is -1.82. The second kappa shape index (κ2) is 2.82. The number of aromatic nitrogens is 2. The Balaban J connectivity index is 2.94. The molecule has 1 aromatic carbocycles. The number of fused-ring (bicyclic) bond motifs is 1. The SMILES string of the molecule is N#Cc1ccc(F)c2nc(Br)[nH]c12. The minimum atomic E-state index is -0.434. The van der Waals surface area contributed by atoms with E-state index in [1.807, 2.05) is 6.07 Å². The van der Waals surface area contributed by atoms with Gasteiger partial charge in [-0.25, -0.2) is 9.37 Å². The van der Waals surface area contributed by atoms with E-state index in [9.17, 15) is 4.39 Å². The predicted molar refractivity (Wildman–Crippen MR) is 48.5 cm³/mol. The first kappa shape index (κ1) is 8.20. The highest BCUT2D eigenvalue weighted by Gasteiger charge is 2.09. The van der Waals surface area contributed by atoms with Gasteiger partial charge in [-0.1, -0.05) is 0 Å². The zero-order chi connectivity index (χ0) is 9.42. The van der Waals surface area contributed by atoms with Crippen molar-refractivity contribution in [2.45, 2.75) is 0 Å². The first-order valence-electron chi connectivity index (χ1n) is 3.46. The molecule has 0 unspecified atom stereocenters. The number of rotatable bonds is 0. The van der Waals surface area contributed by atoms with E-state index in [1.165, 1.54) is 12.1 Å². The molecule has 1 aromatic heterocycles. The van der Waals surface area contributed by atoms with Gasteiger partial charge in [0.15, 0.2) is 10.6 Å². The van der Waals surface area contributed by atoms with Crippen molar-refractivity contribution in [3.63, 3.8) is 0 Å². The molecule has 0 radical (unpaired) electrons. The second-order valence-electron chi connectivity index (χ2n) is 2.46. The summed E-state index contributed by atoms with van der Waals surface area (Å²) >= 11 is 3.08. The van der Waals surface area contributed by atoms with Crippen LogP contribution in [0.3, 0.4) is 0 Å². The Morgan fingerprint density at radius 1 is 1.54 bits per heavy atom.